The zero-order chi connectivity index (χ0) is 11.8. The van der Waals surface area contributed by atoms with Gasteiger partial charge in [0, 0.05) is 0 Å². The average Bonchev–Trinajstić information content (AvgIpc) is 2.34. The summed E-state index contributed by atoms with van der Waals surface area (Å²) >= 11 is 0. The summed E-state index contributed by atoms with van der Waals surface area (Å²) in [6.45, 7) is 6.84. The fourth-order valence-electron chi connectivity index (χ4n) is 0.970. The molecule has 16 heavy (non-hydrogen) atoms. The average molecular weight is 216 g/mol. The maximum Gasteiger partial charge on any atom is 0.356 e. The number of ether oxygens (including phenoxy) is 1. The highest BCUT2D eigenvalue weighted by molar-refractivity contribution is 5.89. The molecule has 0 atom stereocenters. The quantitative estimate of drug-likeness (QED) is 0.327. The Hall–Kier alpha value is -2.23. The summed E-state index contributed by atoms with van der Waals surface area (Å²) in [6.07, 6.45) is 1.14. The van der Waals surface area contributed by atoms with E-state index in [-0.39, 0.29) is 12.3 Å². The van der Waals surface area contributed by atoms with Crippen molar-refractivity contribution in [2.75, 3.05) is 0 Å². The molecular formula is C12H12N2O2. The van der Waals surface area contributed by atoms with Crippen molar-refractivity contribution in [1.82, 2.24) is 0 Å². The molecule has 0 N–H and O–H groups in total. The van der Waals surface area contributed by atoms with Crippen molar-refractivity contribution in [1.29, 1.82) is 0 Å². The number of aliphatic imine (C=N–C) groups is 2. The van der Waals surface area contributed by atoms with Crippen molar-refractivity contribution in [2.24, 2.45) is 9.98 Å². The van der Waals surface area contributed by atoms with Crippen LogP contribution in [0.5, 0.6) is 0 Å². The molecule has 0 radical (unpaired) electrons. The summed E-state index contributed by atoms with van der Waals surface area (Å²) in [5, 5.41) is 0. The van der Waals surface area contributed by atoms with Gasteiger partial charge < -0.3 is 4.74 Å². The number of hydrogen-bond donors (Lipinski definition) is 0. The van der Waals surface area contributed by atoms with E-state index in [0.29, 0.717) is 0 Å². The molecule has 0 aliphatic carbocycles. The topological polar surface area (TPSA) is 51.0 Å². The SMILES string of the molecule is C=NC=NC(=C)C(=O)OCc1ccccc1. The molecule has 0 fully saturated rings. The molecule has 0 amide bonds. The monoisotopic (exact) mass is 216 g/mol. The molecule has 1 aromatic carbocycles. The molecule has 0 heterocycles. The van der Waals surface area contributed by atoms with Crippen LogP contribution in [0.3, 0.4) is 0 Å². The molecule has 0 bridgehead atoms. The predicted molar refractivity (Wildman–Crippen MR) is 63.4 cm³/mol. The molecule has 0 saturated heterocycles. The normalized spacial score (nSPS) is 10.0. The van der Waals surface area contributed by atoms with E-state index < -0.39 is 5.97 Å². The number of hydrogen-bond acceptors (Lipinski definition) is 3. The highest BCUT2D eigenvalue weighted by atomic mass is 16.5. The van der Waals surface area contributed by atoms with Gasteiger partial charge in [0.15, 0.2) is 0 Å². The number of rotatable bonds is 5. The fourth-order valence-corrected chi connectivity index (χ4v) is 0.970. The minimum Gasteiger partial charge on any atom is -0.456 e. The lowest BCUT2D eigenvalue weighted by Gasteiger charge is -2.03. The largest absolute Gasteiger partial charge is 0.456 e. The van der Waals surface area contributed by atoms with Gasteiger partial charge in [-0.2, -0.15) is 0 Å². The van der Waals surface area contributed by atoms with E-state index in [1.165, 1.54) is 0 Å². The first kappa shape index (κ1) is 11.8. The lowest BCUT2D eigenvalue weighted by atomic mass is 10.2. The zero-order valence-corrected chi connectivity index (χ0v) is 8.80. The van der Waals surface area contributed by atoms with Crippen LogP contribution >= 0.6 is 0 Å². The fraction of sp³-hybridized carbons (Fsp3) is 0.0833. The van der Waals surface area contributed by atoms with Crippen LogP contribution in [0, 0.1) is 0 Å². The van der Waals surface area contributed by atoms with Gasteiger partial charge in [-0.3, -0.25) is 4.99 Å². The Morgan fingerprint density at radius 2 is 2.06 bits per heavy atom. The van der Waals surface area contributed by atoms with Crippen molar-refractivity contribution >= 4 is 19.0 Å². The summed E-state index contributed by atoms with van der Waals surface area (Å²) in [5.41, 5.74) is 0.915. The van der Waals surface area contributed by atoms with Gasteiger partial charge in [0.05, 0.1) is 0 Å². The first-order chi connectivity index (χ1) is 7.74. The first-order valence-electron chi connectivity index (χ1n) is 4.62. The maximum atomic E-state index is 11.3. The van der Waals surface area contributed by atoms with Crippen molar-refractivity contribution in [3.05, 3.63) is 48.2 Å². The van der Waals surface area contributed by atoms with Gasteiger partial charge in [0.2, 0.25) is 0 Å². The van der Waals surface area contributed by atoms with E-state index >= 15 is 0 Å². The minimum absolute atomic E-state index is 0.00308. The minimum atomic E-state index is -0.566. The van der Waals surface area contributed by atoms with Crippen molar-refractivity contribution < 1.29 is 9.53 Å². The van der Waals surface area contributed by atoms with Gasteiger partial charge in [-0.25, -0.2) is 9.79 Å². The second kappa shape index (κ2) is 6.29. The molecule has 1 aromatic rings. The number of carbonyl (C=O) groups excluding carboxylic acids is 1. The molecule has 0 aliphatic heterocycles. The molecule has 4 nitrogen and oxygen atoms in total. The Morgan fingerprint density at radius 3 is 2.69 bits per heavy atom. The van der Waals surface area contributed by atoms with Crippen molar-refractivity contribution in [2.45, 2.75) is 6.61 Å². The van der Waals surface area contributed by atoms with Gasteiger partial charge in [-0.05, 0) is 12.3 Å². The number of esters is 1. The molecule has 0 unspecified atom stereocenters. The van der Waals surface area contributed by atoms with E-state index in [9.17, 15) is 4.79 Å². The molecule has 0 aliphatic rings. The summed E-state index contributed by atoms with van der Waals surface area (Å²) in [6, 6.07) is 9.37. The summed E-state index contributed by atoms with van der Waals surface area (Å²) < 4.78 is 4.97. The number of carbonyl (C=O) groups is 1. The summed E-state index contributed by atoms with van der Waals surface area (Å²) in [7, 11) is 0. The maximum absolute atomic E-state index is 11.3. The standard InChI is InChI=1S/C12H12N2O2/c1-10(14-9-13-2)12(15)16-8-11-6-4-3-5-7-11/h3-7,9H,1-2,8H2. The lowest BCUT2D eigenvalue weighted by Crippen LogP contribution is -2.05. The molecule has 82 valence electrons. The Morgan fingerprint density at radius 1 is 1.38 bits per heavy atom. The van der Waals surface area contributed by atoms with Crippen LogP contribution in [-0.4, -0.2) is 19.0 Å². The summed E-state index contributed by atoms with van der Waals surface area (Å²) in [4.78, 5) is 18.3. The van der Waals surface area contributed by atoms with Crippen LogP contribution in [-0.2, 0) is 16.1 Å². The predicted octanol–water partition coefficient (Wildman–Crippen LogP) is 1.97. The Labute approximate surface area is 94.0 Å². The van der Waals surface area contributed by atoms with Crippen LogP contribution in [0.1, 0.15) is 5.56 Å². The second-order valence-corrected chi connectivity index (χ2v) is 2.94. The van der Waals surface area contributed by atoms with Gasteiger partial charge in [0.1, 0.15) is 18.6 Å². The number of benzene rings is 1. The van der Waals surface area contributed by atoms with Crippen LogP contribution in [0.4, 0.5) is 0 Å². The first-order valence-corrected chi connectivity index (χ1v) is 4.62. The van der Waals surface area contributed by atoms with Gasteiger partial charge in [-0.1, -0.05) is 36.9 Å². The van der Waals surface area contributed by atoms with Crippen molar-refractivity contribution in [3.63, 3.8) is 0 Å². The van der Waals surface area contributed by atoms with E-state index in [0.717, 1.165) is 11.9 Å². The van der Waals surface area contributed by atoms with Gasteiger partial charge in [-0.15, -0.1) is 0 Å². The molecule has 4 heteroatoms. The highest BCUT2D eigenvalue weighted by Gasteiger charge is 2.06. The van der Waals surface area contributed by atoms with E-state index in [1.807, 2.05) is 30.3 Å². The van der Waals surface area contributed by atoms with E-state index in [1.54, 1.807) is 0 Å². The second-order valence-electron chi connectivity index (χ2n) is 2.94. The highest BCUT2D eigenvalue weighted by Crippen LogP contribution is 2.03. The molecule has 0 aromatic heterocycles. The zero-order valence-electron chi connectivity index (χ0n) is 8.80. The summed E-state index contributed by atoms with van der Waals surface area (Å²) in [5.74, 6) is -0.566. The Bertz CT molecular complexity index is 410. The Kier molecular flexibility index (Phi) is 4.66. The van der Waals surface area contributed by atoms with E-state index in [4.69, 9.17) is 4.74 Å². The van der Waals surface area contributed by atoms with Crippen LogP contribution in [0.15, 0.2) is 52.6 Å². The van der Waals surface area contributed by atoms with Crippen LogP contribution < -0.4 is 0 Å². The Balaban J connectivity index is 2.44. The lowest BCUT2D eigenvalue weighted by molar-refractivity contribution is -0.140. The number of nitrogens with zero attached hydrogens (tertiary/aromatic N) is 2. The van der Waals surface area contributed by atoms with E-state index in [2.05, 4.69) is 23.3 Å². The van der Waals surface area contributed by atoms with Gasteiger partial charge >= 0.3 is 5.97 Å². The molecule has 0 spiro atoms. The molecule has 1 rings (SSSR count). The smallest absolute Gasteiger partial charge is 0.356 e. The molecule has 0 saturated carbocycles. The third kappa shape index (κ3) is 3.88. The van der Waals surface area contributed by atoms with Crippen LogP contribution in [0.2, 0.25) is 0 Å². The third-order valence-electron chi connectivity index (χ3n) is 1.74. The molecular weight excluding hydrogens is 204 g/mol. The van der Waals surface area contributed by atoms with Gasteiger partial charge in [0.25, 0.3) is 0 Å². The van der Waals surface area contributed by atoms with Crippen LogP contribution in [0.25, 0.3) is 0 Å². The van der Waals surface area contributed by atoms with Crippen molar-refractivity contribution in [3.8, 4) is 0 Å². The third-order valence-corrected chi connectivity index (χ3v) is 1.74.